The summed E-state index contributed by atoms with van der Waals surface area (Å²) in [5, 5.41) is 11.6. The Hall–Kier alpha value is -8.00. The number of fused-ring (bicyclic) bond motifs is 2. The van der Waals surface area contributed by atoms with E-state index in [0.29, 0.717) is 17.2 Å². The minimum absolute atomic E-state index is 0.0138. The van der Waals surface area contributed by atoms with Gasteiger partial charge in [-0.1, -0.05) is 110 Å². The molecule has 0 bridgehead atoms. The predicted octanol–water partition coefficient (Wildman–Crippen LogP) is 11.4. The SMILES string of the molecule is C=CCOc1ccc2ccccc2c1-c1c(OCC(=O)C[C@H](CCCN=C(NC(=O)OC(C)(C)C)NC(=O)OC(C)(C)C)C(=O)Nc2cccc(C(=O)OCc3ccccc3)c2)ccc2ccccc12. The molecule has 0 fully saturated rings. The lowest BCUT2D eigenvalue weighted by Gasteiger charge is -2.22. The van der Waals surface area contributed by atoms with Crippen LogP contribution in [0.4, 0.5) is 15.3 Å². The largest absolute Gasteiger partial charge is 0.489 e. The third kappa shape index (κ3) is 15.3. The van der Waals surface area contributed by atoms with Crippen LogP contribution in [-0.4, -0.2) is 66.8 Å². The van der Waals surface area contributed by atoms with Gasteiger partial charge in [0, 0.05) is 35.7 Å². The van der Waals surface area contributed by atoms with Crippen LogP contribution in [0.25, 0.3) is 32.7 Å². The molecular formula is C56H60N4O10. The number of hydrogen-bond donors (Lipinski definition) is 3. The number of ketones is 1. The van der Waals surface area contributed by atoms with Crippen LogP contribution in [-0.2, 0) is 30.4 Å². The number of esters is 1. The highest BCUT2D eigenvalue weighted by Gasteiger charge is 2.26. The molecule has 0 saturated heterocycles. The summed E-state index contributed by atoms with van der Waals surface area (Å²) >= 11 is 0. The first kappa shape index (κ1) is 51.4. The van der Waals surface area contributed by atoms with E-state index in [1.807, 2.05) is 103 Å². The van der Waals surface area contributed by atoms with E-state index >= 15 is 0 Å². The molecule has 0 saturated carbocycles. The fourth-order valence-electron chi connectivity index (χ4n) is 7.44. The number of amides is 3. The molecule has 364 valence electrons. The Labute approximate surface area is 408 Å². The van der Waals surface area contributed by atoms with Gasteiger partial charge in [0.25, 0.3) is 0 Å². The van der Waals surface area contributed by atoms with Gasteiger partial charge >= 0.3 is 18.2 Å². The molecule has 6 aromatic carbocycles. The van der Waals surface area contributed by atoms with E-state index in [2.05, 4.69) is 27.5 Å². The van der Waals surface area contributed by atoms with E-state index in [4.69, 9.17) is 23.7 Å². The maximum Gasteiger partial charge on any atom is 0.414 e. The van der Waals surface area contributed by atoms with Gasteiger partial charge in [-0.2, -0.15) is 0 Å². The van der Waals surface area contributed by atoms with Crippen molar-refractivity contribution in [2.45, 2.75) is 78.6 Å². The molecule has 1 atom stereocenters. The van der Waals surface area contributed by atoms with Gasteiger partial charge in [0.2, 0.25) is 11.9 Å². The summed E-state index contributed by atoms with van der Waals surface area (Å²) in [5.74, 6) is -1.49. The predicted molar refractivity (Wildman–Crippen MR) is 272 cm³/mol. The fourth-order valence-corrected chi connectivity index (χ4v) is 7.44. The summed E-state index contributed by atoms with van der Waals surface area (Å²) in [7, 11) is 0. The van der Waals surface area contributed by atoms with Crippen molar-refractivity contribution in [3.8, 4) is 22.6 Å². The van der Waals surface area contributed by atoms with E-state index in [0.717, 1.165) is 38.2 Å². The molecule has 6 aromatic rings. The second-order valence-electron chi connectivity index (χ2n) is 18.4. The number of ether oxygens (including phenoxy) is 5. The first-order valence-electron chi connectivity index (χ1n) is 23.0. The number of hydrogen-bond acceptors (Lipinski definition) is 11. The van der Waals surface area contributed by atoms with Crippen molar-refractivity contribution >= 4 is 63.0 Å². The average Bonchev–Trinajstić information content (AvgIpc) is 3.31. The zero-order valence-corrected chi connectivity index (χ0v) is 40.5. The highest BCUT2D eigenvalue weighted by Crippen LogP contribution is 2.45. The lowest BCUT2D eigenvalue weighted by atomic mass is 9.92. The maximum absolute atomic E-state index is 14.2. The minimum atomic E-state index is -0.908. The van der Waals surface area contributed by atoms with Crippen molar-refractivity contribution in [3.05, 3.63) is 151 Å². The Morgan fingerprint density at radius 1 is 0.671 bits per heavy atom. The number of carbonyl (C=O) groups excluding carboxylic acids is 5. The number of aliphatic imine (C=N–C) groups is 1. The second-order valence-corrected chi connectivity index (χ2v) is 18.4. The van der Waals surface area contributed by atoms with Crippen molar-refractivity contribution in [1.82, 2.24) is 10.6 Å². The molecule has 0 spiro atoms. The summed E-state index contributed by atoms with van der Waals surface area (Å²) in [6.07, 6.45) is 0.122. The van der Waals surface area contributed by atoms with Crippen LogP contribution in [0, 0.1) is 5.92 Å². The van der Waals surface area contributed by atoms with E-state index in [1.54, 1.807) is 65.8 Å². The van der Waals surface area contributed by atoms with E-state index < -0.39 is 41.2 Å². The first-order valence-corrected chi connectivity index (χ1v) is 23.0. The fraction of sp³-hybridized carbons (Fsp3) is 0.286. The van der Waals surface area contributed by atoms with Gasteiger partial charge in [-0.3, -0.25) is 25.2 Å². The lowest BCUT2D eigenvalue weighted by molar-refractivity contribution is -0.127. The van der Waals surface area contributed by atoms with Crippen LogP contribution in [0.3, 0.4) is 0 Å². The number of rotatable bonds is 18. The van der Waals surface area contributed by atoms with Crippen LogP contribution in [0.15, 0.2) is 145 Å². The molecule has 6 rings (SSSR count). The second kappa shape index (κ2) is 23.8. The van der Waals surface area contributed by atoms with Crippen molar-refractivity contribution in [2.24, 2.45) is 10.9 Å². The number of guanidine groups is 1. The van der Waals surface area contributed by atoms with Gasteiger partial charge in [0.1, 0.15) is 42.5 Å². The summed E-state index contributed by atoms with van der Waals surface area (Å²) in [4.78, 5) is 71.2. The summed E-state index contributed by atoms with van der Waals surface area (Å²) < 4.78 is 28.9. The van der Waals surface area contributed by atoms with Crippen LogP contribution < -0.4 is 25.4 Å². The normalized spacial score (nSPS) is 11.7. The Kier molecular flexibility index (Phi) is 17.5. The van der Waals surface area contributed by atoms with Gasteiger partial charge in [-0.05, 0) is 112 Å². The number of anilines is 1. The van der Waals surface area contributed by atoms with Crippen LogP contribution in [0.5, 0.6) is 11.5 Å². The molecule has 14 nitrogen and oxygen atoms in total. The van der Waals surface area contributed by atoms with Crippen molar-refractivity contribution in [1.29, 1.82) is 0 Å². The number of nitrogens with one attached hydrogen (secondary N) is 3. The number of carbonyl (C=O) groups is 5. The third-order valence-corrected chi connectivity index (χ3v) is 10.4. The molecule has 0 aliphatic heterocycles. The van der Waals surface area contributed by atoms with Gasteiger partial charge in [0.05, 0.1) is 5.56 Å². The Bertz CT molecular complexity index is 2830. The topological polar surface area (TPSA) is 180 Å². The average molecular weight is 949 g/mol. The maximum atomic E-state index is 14.2. The molecule has 0 heterocycles. The van der Waals surface area contributed by atoms with E-state index in [-0.39, 0.29) is 62.9 Å². The first-order chi connectivity index (χ1) is 33.5. The Morgan fingerprint density at radius 3 is 1.83 bits per heavy atom. The number of nitrogens with zero attached hydrogens (tertiary/aromatic N) is 1. The van der Waals surface area contributed by atoms with Crippen LogP contribution >= 0.6 is 0 Å². The number of benzene rings is 6. The lowest BCUT2D eigenvalue weighted by Crippen LogP contribution is -2.47. The van der Waals surface area contributed by atoms with Crippen LogP contribution in [0.2, 0.25) is 0 Å². The van der Waals surface area contributed by atoms with Gasteiger partial charge in [-0.25, -0.2) is 14.4 Å². The molecule has 0 aliphatic rings. The molecule has 3 amide bonds. The zero-order chi connectivity index (χ0) is 50.3. The number of Topliss-reactive ketones (excluding diaryl/α,β-unsaturated/α-hetero) is 1. The van der Waals surface area contributed by atoms with Crippen LogP contribution in [0.1, 0.15) is 76.7 Å². The molecule has 0 aromatic heterocycles. The molecule has 70 heavy (non-hydrogen) atoms. The third-order valence-electron chi connectivity index (χ3n) is 10.4. The van der Waals surface area contributed by atoms with E-state index in [1.165, 1.54) is 6.07 Å². The van der Waals surface area contributed by atoms with E-state index in [9.17, 15) is 24.0 Å². The van der Waals surface area contributed by atoms with Gasteiger partial charge in [-0.15, -0.1) is 0 Å². The highest BCUT2D eigenvalue weighted by molar-refractivity contribution is 6.10. The molecule has 0 unspecified atom stereocenters. The standard InChI is InChI=1S/C56H60N4O10/c1-8-32-66-46-29-27-38-20-12-14-25-44(38)48(46)49-45-26-15-13-21-39(45)28-30-47(49)67-36-43(61)34-40(23-17-31-57-52(59-53(64)69-55(2,3)4)60-54(65)70-56(5,6)7)50(62)58-42-24-16-22-41(33-42)51(63)68-35-37-18-10-9-11-19-37/h8-16,18-22,24-30,33,40H,1,17,23,31-32,34-36H2,2-7H3,(H,58,62)(H2,57,59,60,64,65)/t40-/m0/s1. The van der Waals surface area contributed by atoms with Gasteiger partial charge < -0.3 is 29.0 Å². The zero-order valence-electron chi connectivity index (χ0n) is 40.5. The minimum Gasteiger partial charge on any atom is -0.489 e. The number of alkyl carbamates (subject to hydrolysis) is 2. The van der Waals surface area contributed by atoms with Gasteiger partial charge in [0.15, 0.2) is 5.78 Å². The molecule has 0 aliphatic carbocycles. The summed E-state index contributed by atoms with van der Waals surface area (Å²) in [6.45, 7) is 14.0. The van der Waals surface area contributed by atoms with Crippen molar-refractivity contribution in [2.75, 3.05) is 25.1 Å². The van der Waals surface area contributed by atoms with Crippen molar-refractivity contribution < 1.29 is 47.7 Å². The van der Waals surface area contributed by atoms with Crippen molar-refractivity contribution in [3.63, 3.8) is 0 Å². The molecular weight excluding hydrogens is 889 g/mol. The molecule has 3 N–H and O–H groups in total. The monoisotopic (exact) mass is 948 g/mol. The Morgan fingerprint density at radius 2 is 1.24 bits per heavy atom. The quantitative estimate of drug-likeness (QED) is 0.0187. The Balaban J connectivity index is 1.24. The smallest absolute Gasteiger partial charge is 0.414 e. The summed E-state index contributed by atoms with van der Waals surface area (Å²) in [5.41, 5.74) is 1.23. The molecule has 14 heteroatoms. The highest BCUT2D eigenvalue weighted by atomic mass is 16.6. The molecule has 0 radical (unpaired) electrons. The summed E-state index contributed by atoms with van der Waals surface area (Å²) in [6, 6.07) is 39.1.